The SMILES string of the molecule is O=C(NCc1ccc(C#CCO)cc1)C1C2CCCCC21. The van der Waals surface area contributed by atoms with Crippen LogP contribution in [0.3, 0.4) is 0 Å². The van der Waals surface area contributed by atoms with Crippen molar-refractivity contribution in [1.82, 2.24) is 5.32 Å². The molecule has 1 aromatic rings. The number of hydrogen-bond donors (Lipinski definition) is 2. The molecule has 0 spiro atoms. The van der Waals surface area contributed by atoms with E-state index in [0.717, 1.165) is 11.1 Å². The zero-order valence-corrected chi connectivity index (χ0v) is 12.1. The van der Waals surface area contributed by atoms with Crippen LogP contribution in [0.25, 0.3) is 0 Å². The molecular weight excluding hydrogens is 262 g/mol. The highest BCUT2D eigenvalue weighted by molar-refractivity contribution is 5.82. The van der Waals surface area contributed by atoms with Gasteiger partial charge in [0.25, 0.3) is 0 Å². The second-order valence-electron chi connectivity index (χ2n) is 6.01. The third kappa shape index (κ3) is 3.28. The van der Waals surface area contributed by atoms with Crippen LogP contribution in [0.2, 0.25) is 0 Å². The van der Waals surface area contributed by atoms with Gasteiger partial charge in [-0.1, -0.05) is 36.8 Å². The van der Waals surface area contributed by atoms with Crippen molar-refractivity contribution in [2.24, 2.45) is 17.8 Å². The van der Waals surface area contributed by atoms with Crippen molar-refractivity contribution in [2.75, 3.05) is 6.61 Å². The van der Waals surface area contributed by atoms with Crippen LogP contribution in [0.4, 0.5) is 0 Å². The summed E-state index contributed by atoms with van der Waals surface area (Å²) in [5.41, 5.74) is 1.97. The van der Waals surface area contributed by atoms with Crippen LogP contribution in [0.15, 0.2) is 24.3 Å². The van der Waals surface area contributed by atoms with Crippen LogP contribution in [-0.4, -0.2) is 17.6 Å². The predicted molar refractivity (Wildman–Crippen MR) is 81.2 cm³/mol. The number of amides is 1. The molecule has 3 rings (SSSR count). The van der Waals surface area contributed by atoms with Crippen molar-refractivity contribution in [3.63, 3.8) is 0 Å². The molecule has 2 fully saturated rings. The number of hydrogen-bond acceptors (Lipinski definition) is 2. The Morgan fingerprint density at radius 2 is 1.86 bits per heavy atom. The molecule has 2 unspecified atom stereocenters. The second-order valence-corrected chi connectivity index (χ2v) is 6.01. The maximum absolute atomic E-state index is 12.2. The molecule has 1 aromatic carbocycles. The van der Waals surface area contributed by atoms with E-state index >= 15 is 0 Å². The summed E-state index contributed by atoms with van der Waals surface area (Å²) in [7, 11) is 0. The summed E-state index contributed by atoms with van der Waals surface area (Å²) in [6.45, 7) is 0.462. The number of benzene rings is 1. The fourth-order valence-electron chi connectivity index (χ4n) is 3.54. The molecule has 0 radical (unpaired) electrons. The van der Waals surface area contributed by atoms with Gasteiger partial charge >= 0.3 is 0 Å². The van der Waals surface area contributed by atoms with E-state index in [1.807, 2.05) is 24.3 Å². The van der Waals surface area contributed by atoms with Gasteiger partial charge in [-0.2, -0.15) is 0 Å². The molecule has 3 heteroatoms. The molecule has 2 N–H and O–H groups in total. The standard InChI is InChI=1S/C18H21NO2/c20-11-3-4-13-7-9-14(10-8-13)12-19-18(21)17-15-5-1-2-6-16(15)17/h7-10,15-17,20H,1-2,5-6,11-12H2,(H,19,21). The molecule has 0 heterocycles. The Morgan fingerprint density at radius 3 is 2.48 bits per heavy atom. The average Bonchev–Trinajstić information content (AvgIpc) is 3.26. The number of aliphatic hydroxyl groups excluding tert-OH is 1. The largest absolute Gasteiger partial charge is 0.384 e. The molecule has 2 atom stereocenters. The van der Waals surface area contributed by atoms with E-state index in [1.165, 1.54) is 25.7 Å². The van der Waals surface area contributed by atoms with Gasteiger partial charge in [0.1, 0.15) is 6.61 Å². The molecule has 0 saturated heterocycles. The Balaban J connectivity index is 1.50. The first-order chi connectivity index (χ1) is 10.3. The van der Waals surface area contributed by atoms with Gasteiger partial charge in [0, 0.05) is 18.0 Å². The number of rotatable bonds is 3. The monoisotopic (exact) mass is 283 g/mol. The number of nitrogens with one attached hydrogen (secondary N) is 1. The van der Waals surface area contributed by atoms with Crippen molar-refractivity contribution in [1.29, 1.82) is 0 Å². The number of fused-ring (bicyclic) bond motifs is 1. The second kappa shape index (κ2) is 6.32. The van der Waals surface area contributed by atoms with E-state index in [9.17, 15) is 4.79 Å². The van der Waals surface area contributed by atoms with Crippen molar-refractivity contribution in [3.05, 3.63) is 35.4 Å². The van der Waals surface area contributed by atoms with E-state index in [1.54, 1.807) is 0 Å². The fraction of sp³-hybridized carbons (Fsp3) is 0.500. The summed E-state index contributed by atoms with van der Waals surface area (Å²) in [6.07, 6.45) is 5.06. The van der Waals surface area contributed by atoms with E-state index < -0.39 is 0 Å². The Kier molecular flexibility index (Phi) is 4.26. The maximum atomic E-state index is 12.2. The lowest BCUT2D eigenvalue weighted by Gasteiger charge is -2.05. The summed E-state index contributed by atoms with van der Waals surface area (Å²) in [6, 6.07) is 7.78. The minimum atomic E-state index is -0.123. The quantitative estimate of drug-likeness (QED) is 0.835. The molecule has 21 heavy (non-hydrogen) atoms. The van der Waals surface area contributed by atoms with E-state index in [-0.39, 0.29) is 18.4 Å². The molecule has 2 aliphatic carbocycles. The van der Waals surface area contributed by atoms with Gasteiger partial charge in [-0.3, -0.25) is 4.79 Å². The van der Waals surface area contributed by atoms with Crippen LogP contribution in [0.5, 0.6) is 0 Å². The molecule has 0 aliphatic heterocycles. The first kappa shape index (κ1) is 14.2. The molecule has 2 aliphatic rings. The lowest BCUT2D eigenvalue weighted by molar-refractivity contribution is -0.123. The van der Waals surface area contributed by atoms with Crippen molar-refractivity contribution in [3.8, 4) is 11.8 Å². The molecule has 3 nitrogen and oxygen atoms in total. The fourth-order valence-corrected chi connectivity index (χ4v) is 3.54. The summed E-state index contributed by atoms with van der Waals surface area (Å²) >= 11 is 0. The minimum Gasteiger partial charge on any atom is -0.384 e. The average molecular weight is 283 g/mol. The molecule has 110 valence electrons. The highest BCUT2D eigenvalue weighted by atomic mass is 16.2. The predicted octanol–water partition coefficient (Wildman–Crippen LogP) is 2.08. The van der Waals surface area contributed by atoms with E-state index in [2.05, 4.69) is 17.2 Å². The summed E-state index contributed by atoms with van der Waals surface area (Å²) < 4.78 is 0. The van der Waals surface area contributed by atoms with Crippen molar-refractivity contribution >= 4 is 5.91 Å². The third-order valence-electron chi connectivity index (χ3n) is 4.69. The van der Waals surface area contributed by atoms with Crippen LogP contribution >= 0.6 is 0 Å². The first-order valence-corrected chi connectivity index (χ1v) is 7.76. The van der Waals surface area contributed by atoms with Gasteiger partial charge < -0.3 is 10.4 Å². The Bertz CT molecular complexity index is 555. The zero-order chi connectivity index (χ0) is 14.7. The molecular formula is C18H21NO2. The van der Waals surface area contributed by atoms with Gasteiger partial charge in [-0.05, 0) is 42.4 Å². The van der Waals surface area contributed by atoms with Gasteiger partial charge in [0.05, 0.1) is 0 Å². The summed E-state index contributed by atoms with van der Waals surface area (Å²) in [4.78, 5) is 12.2. The summed E-state index contributed by atoms with van der Waals surface area (Å²) in [5, 5.41) is 11.7. The number of carbonyl (C=O) groups excluding carboxylic acids is 1. The van der Waals surface area contributed by atoms with Crippen molar-refractivity contribution in [2.45, 2.75) is 32.2 Å². The Hall–Kier alpha value is -1.79. The molecule has 2 saturated carbocycles. The van der Waals surface area contributed by atoms with E-state index in [4.69, 9.17) is 5.11 Å². The third-order valence-corrected chi connectivity index (χ3v) is 4.69. The van der Waals surface area contributed by atoms with Gasteiger partial charge in [0.15, 0.2) is 0 Å². The molecule has 1 amide bonds. The van der Waals surface area contributed by atoms with Gasteiger partial charge in [-0.25, -0.2) is 0 Å². The lowest BCUT2D eigenvalue weighted by atomic mass is 10.0. The normalized spacial score (nSPS) is 26.2. The van der Waals surface area contributed by atoms with Crippen LogP contribution in [0.1, 0.15) is 36.8 Å². The topological polar surface area (TPSA) is 49.3 Å². The van der Waals surface area contributed by atoms with Crippen LogP contribution in [-0.2, 0) is 11.3 Å². The smallest absolute Gasteiger partial charge is 0.223 e. The van der Waals surface area contributed by atoms with Gasteiger partial charge in [0.2, 0.25) is 5.91 Å². The number of carbonyl (C=O) groups is 1. The van der Waals surface area contributed by atoms with Gasteiger partial charge in [-0.15, -0.1) is 0 Å². The highest BCUT2D eigenvalue weighted by Gasteiger charge is 2.54. The zero-order valence-electron chi connectivity index (χ0n) is 12.1. The maximum Gasteiger partial charge on any atom is 0.223 e. The Labute approximate surface area is 125 Å². The first-order valence-electron chi connectivity index (χ1n) is 7.76. The van der Waals surface area contributed by atoms with Crippen molar-refractivity contribution < 1.29 is 9.90 Å². The van der Waals surface area contributed by atoms with E-state index in [0.29, 0.717) is 18.4 Å². The summed E-state index contributed by atoms with van der Waals surface area (Å²) in [5.74, 6) is 7.32. The van der Waals surface area contributed by atoms with Crippen LogP contribution < -0.4 is 5.32 Å². The minimum absolute atomic E-state index is 0.123. The lowest BCUT2D eigenvalue weighted by Crippen LogP contribution is -2.25. The highest BCUT2D eigenvalue weighted by Crippen LogP contribution is 2.55. The molecule has 0 bridgehead atoms. The van der Waals surface area contributed by atoms with Crippen LogP contribution in [0, 0.1) is 29.6 Å². The number of aliphatic hydroxyl groups is 1. The molecule has 0 aromatic heterocycles. The Morgan fingerprint density at radius 1 is 1.19 bits per heavy atom.